The summed E-state index contributed by atoms with van der Waals surface area (Å²) in [7, 11) is 0. The van der Waals surface area contributed by atoms with E-state index in [1.165, 1.54) is 0 Å². The van der Waals surface area contributed by atoms with Crippen LogP contribution < -0.4 is 4.74 Å². The molecular weight excluding hydrogens is 320 g/mol. The fourth-order valence-electron chi connectivity index (χ4n) is 1.83. The molecule has 6 heteroatoms. The van der Waals surface area contributed by atoms with Crippen molar-refractivity contribution in [3.05, 3.63) is 52.5 Å². The molecule has 0 saturated heterocycles. The van der Waals surface area contributed by atoms with Crippen LogP contribution >= 0.6 is 15.9 Å². The molecule has 0 radical (unpaired) electrons. The van der Waals surface area contributed by atoms with Crippen molar-refractivity contribution in [1.29, 1.82) is 5.26 Å². The largest absolute Gasteiger partial charge is 0.436 e. The molecule has 5 nitrogen and oxygen atoms in total. The quantitative estimate of drug-likeness (QED) is 0.722. The molecule has 0 fully saturated rings. The van der Waals surface area contributed by atoms with E-state index in [1.807, 2.05) is 23.6 Å². The number of hydrogen-bond donors (Lipinski definition) is 0. The van der Waals surface area contributed by atoms with E-state index in [9.17, 15) is 0 Å². The van der Waals surface area contributed by atoms with Gasteiger partial charge in [0.25, 0.3) is 5.88 Å². The van der Waals surface area contributed by atoms with Gasteiger partial charge in [0.15, 0.2) is 0 Å². The number of fused-ring (bicyclic) bond motifs is 1. The van der Waals surface area contributed by atoms with Gasteiger partial charge in [0.2, 0.25) is 5.65 Å². The fraction of sp³-hybridized carbons (Fsp3) is 0.0714. The topological polar surface area (TPSA) is 63.2 Å². The molecular formula is C14H9BrN4O. The van der Waals surface area contributed by atoms with Crippen molar-refractivity contribution in [2.75, 3.05) is 0 Å². The Morgan fingerprint density at radius 1 is 1.40 bits per heavy atom. The minimum atomic E-state index is 0.391. The number of nitrogens with zero attached hydrogens (tertiary/aromatic N) is 4. The Labute approximate surface area is 123 Å². The lowest BCUT2D eigenvalue weighted by Crippen LogP contribution is -1.96. The number of halogens is 1. The summed E-state index contributed by atoms with van der Waals surface area (Å²) in [5.41, 5.74) is 2.09. The first-order valence-electron chi connectivity index (χ1n) is 5.85. The van der Waals surface area contributed by atoms with Gasteiger partial charge >= 0.3 is 0 Å². The summed E-state index contributed by atoms with van der Waals surface area (Å²) in [4.78, 5) is 8.51. The zero-order valence-electron chi connectivity index (χ0n) is 10.5. The molecule has 0 unspecified atom stereocenters. The molecule has 98 valence electrons. The second-order valence-corrected chi connectivity index (χ2v) is 5.03. The van der Waals surface area contributed by atoms with Crippen molar-refractivity contribution in [3.8, 4) is 17.7 Å². The highest BCUT2D eigenvalue weighted by molar-refractivity contribution is 9.10. The van der Waals surface area contributed by atoms with Crippen molar-refractivity contribution in [1.82, 2.24) is 14.4 Å². The summed E-state index contributed by atoms with van der Waals surface area (Å²) in [5, 5.41) is 8.96. The molecule has 0 N–H and O–H groups in total. The van der Waals surface area contributed by atoms with Crippen molar-refractivity contribution < 1.29 is 4.74 Å². The van der Waals surface area contributed by atoms with E-state index in [2.05, 4.69) is 32.0 Å². The van der Waals surface area contributed by atoms with Crippen LogP contribution in [0, 0.1) is 18.3 Å². The average molecular weight is 329 g/mol. The van der Waals surface area contributed by atoms with Crippen LogP contribution in [0.3, 0.4) is 0 Å². The maximum absolute atomic E-state index is 8.96. The first-order chi connectivity index (χ1) is 9.67. The molecule has 0 amide bonds. The zero-order valence-corrected chi connectivity index (χ0v) is 12.1. The minimum absolute atomic E-state index is 0.391. The number of aryl methyl sites for hydroxylation is 1. The van der Waals surface area contributed by atoms with Crippen LogP contribution in [-0.4, -0.2) is 14.4 Å². The van der Waals surface area contributed by atoms with Crippen molar-refractivity contribution >= 4 is 21.6 Å². The Morgan fingerprint density at radius 2 is 2.25 bits per heavy atom. The predicted molar refractivity (Wildman–Crippen MR) is 76.7 cm³/mol. The Balaban J connectivity index is 2.09. The van der Waals surface area contributed by atoms with Crippen LogP contribution in [0.25, 0.3) is 5.65 Å². The number of aromatic nitrogens is 3. The summed E-state index contributed by atoms with van der Waals surface area (Å²) in [6, 6.07) is 7.38. The number of benzene rings is 1. The molecule has 0 aliphatic carbocycles. The molecule has 0 bridgehead atoms. The number of hydrogen-bond acceptors (Lipinski definition) is 4. The van der Waals surface area contributed by atoms with E-state index >= 15 is 0 Å². The molecule has 20 heavy (non-hydrogen) atoms. The predicted octanol–water partition coefficient (Wildman–Crippen LogP) is 3.46. The van der Waals surface area contributed by atoms with Crippen molar-refractivity contribution in [2.24, 2.45) is 0 Å². The van der Waals surface area contributed by atoms with E-state index < -0.39 is 0 Å². The van der Waals surface area contributed by atoms with Gasteiger partial charge in [-0.3, -0.25) is 4.40 Å². The number of rotatable bonds is 2. The molecule has 3 aromatic rings. The Kier molecular flexibility index (Phi) is 3.12. The highest BCUT2D eigenvalue weighted by atomic mass is 79.9. The molecule has 0 atom stereocenters. The molecule has 1 aromatic carbocycles. The summed E-state index contributed by atoms with van der Waals surface area (Å²) in [6.07, 6.45) is 5.29. The summed E-state index contributed by atoms with van der Waals surface area (Å²) in [5.74, 6) is 0.988. The number of ether oxygens (including phenoxy) is 1. The average Bonchev–Trinajstić information content (AvgIpc) is 2.89. The SMILES string of the molecule is Cc1ccc(C#N)cc1Oc1nc(Br)cn2ccnc12. The molecule has 0 saturated carbocycles. The Hall–Kier alpha value is -2.39. The fourth-order valence-corrected chi connectivity index (χ4v) is 2.21. The van der Waals surface area contributed by atoms with Crippen LogP contribution in [0.5, 0.6) is 11.6 Å². The van der Waals surface area contributed by atoms with Gasteiger partial charge in [0.1, 0.15) is 10.4 Å². The molecule has 2 heterocycles. The van der Waals surface area contributed by atoms with Crippen LogP contribution in [0.1, 0.15) is 11.1 Å². The molecule has 0 aliphatic rings. The van der Waals surface area contributed by atoms with Crippen molar-refractivity contribution in [3.63, 3.8) is 0 Å². The monoisotopic (exact) mass is 328 g/mol. The van der Waals surface area contributed by atoms with Gasteiger partial charge in [-0.1, -0.05) is 6.07 Å². The molecule has 0 spiro atoms. The van der Waals surface area contributed by atoms with Gasteiger partial charge in [-0.25, -0.2) is 9.97 Å². The second kappa shape index (κ2) is 4.94. The Bertz CT molecular complexity index is 835. The third-order valence-electron chi connectivity index (χ3n) is 2.84. The van der Waals surface area contributed by atoms with Crippen LogP contribution in [0.2, 0.25) is 0 Å². The number of nitriles is 1. The normalized spacial score (nSPS) is 10.4. The third kappa shape index (κ3) is 2.24. The highest BCUT2D eigenvalue weighted by Gasteiger charge is 2.11. The minimum Gasteiger partial charge on any atom is -0.436 e. The van der Waals surface area contributed by atoms with E-state index in [4.69, 9.17) is 10.00 Å². The van der Waals surface area contributed by atoms with Gasteiger partial charge in [-0.2, -0.15) is 5.26 Å². The van der Waals surface area contributed by atoms with Crippen LogP contribution in [-0.2, 0) is 0 Å². The first kappa shape index (κ1) is 12.6. The molecule has 0 aliphatic heterocycles. The zero-order chi connectivity index (χ0) is 14.1. The summed E-state index contributed by atoms with van der Waals surface area (Å²) >= 11 is 3.34. The lowest BCUT2D eigenvalue weighted by molar-refractivity contribution is 0.460. The highest BCUT2D eigenvalue weighted by Crippen LogP contribution is 2.28. The summed E-state index contributed by atoms with van der Waals surface area (Å²) < 4.78 is 8.29. The maximum atomic E-state index is 8.96. The third-order valence-corrected chi connectivity index (χ3v) is 3.22. The van der Waals surface area contributed by atoms with Gasteiger partial charge in [-0.05, 0) is 40.5 Å². The first-order valence-corrected chi connectivity index (χ1v) is 6.64. The molecule has 3 rings (SSSR count). The number of imidazole rings is 1. The second-order valence-electron chi connectivity index (χ2n) is 4.22. The summed E-state index contributed by atoms with van der Waals surface area (Å²) in [6.45, 7) is 1.91. The van der Waals surface area contributed by atoms with E-state index in [1.54, 1.807) is 24.5 Å². The van der Waals surface area contributed by atoms with E-state index in [0.717, 1.165) is 5.56 Å². The smallest absolute Gasteiger partial charge is 0.264 e. The lowest BCUT2D eigenvalue weighted by Gasteiger charge is -2.09. The van der Waals surface area contributed by atoms with Crippen LogP contribution in [0.15, 0.2) is 41.4 Å². The van der Waals surface area contributed by atoms with Gasteiger partial charge < -0.3 is 4.74 Å². The van der Waals surface area contributed by atoms with Gasteiger partial charge in [0.05, 0.1) is 11.6 Å². The van der Waals surface area contributed by atoms with E-state index in [0.29, 0.717) is 27.4 Å². The maximum Gasteiger partial charge on any atom is 0.264 e. The standard InChI is InChI=1S/C14H9BrN4O/c1-9-2-3-10(7-16)6-11(9)20-14-13-17-4-5-19(13)8-12(15)18-14/h2-6,8H,1H3. The van der Waals surface area contributed by atoms with Gasteiger partial charge in [-0.15, -0.1) is 0 Å². The lowest BCUT2D eigenvalue weighted by atomic mass is 10.1. The van der Waals surface area contributed by atoms with Gasteiger partial charge in [0, 0.05) is 18.6 Å². The van der Waals surface area contributed by atoms with Crippen LogP contribution in [0.4, 0.5) is 0 Å². The van der Waals surface area contributed by atoms with Crippen molar-refractivity contribution in [2.45, 2.75) is 6.92 Å². The molecule has 2 aromatic heterocycles. The Morgan fingerprint density at radius 3 is 3.05 bits per heavy atom. The van der Waals surface area contributed by atoms with E-state index in [-0.39, 0.29) is 0 Å².